The highest BCUT2D eigenvalue weighted by atomic mass is 35.5. The Bertz CT molecular complexity index is 900. The van der Waals surface area contributed by atoms with Crippen molar-refractivity contribution >= 4 is 81.9 Å². The van der Waals surface area contributed by atoms with Crippen molar-refractivity contribution in [2.75, 3.05) is 12.5 Å². The van der Waals surface area contributed by atoms with Crippen molar-refractivity contribution in [3.63, 3.8) is 0 Å². The van der Waals surface area contributed by atoms with E-state index in [9.17, 15) is 10.1 Å². The average molecular weight is 511 g/mol. The molecule has 0 saturated carbocycles. The van der Waals surface area contributed by atoms with Crippen LogP contribution in [-0.4, -0.2) is 17.4 Å². The summed E-state index contributed by atoms with van der Waals surface area (Å²) in [7, 11) is 0. The van der Waals surface area contributed by atoms with E-state index < -0.39 is 10.6 Å². The van der Waals surface area contributed by atoms with E-state index in [-0.39, 0.29) is 13.8 Å². The fraction of sp³-hybridized carbons (Fsp3) is 0.111. The zero-order valence-corrected chi connectivity index (χ0v) is 20.2. The Morgan fingerprint density at radius 3 is 1.46 bits per heavy atom. The number of rotatable bonds is 8. The van der Waals surface area contributed by atoms with Gasteiger partial charge in [-0.05, 0) is 61.0 Å². The zero-order valence-electron chi connectivity index (χ0n) is 14.6. The molecule has 0 aliphatic heterocycles. The molecule has 0 unspecified atom stereocenters. The zero-order chi connectivity index (χ0) is 20.7. The summed E-state index contributed by atoms with van der Waals surface area (Å²) in [5.41, 5.74) is -0.416. The van der Waals surface area contributed by atoms with Crippen molar-refractivity contribution in [2.24, 2.45) is 0 Å². The molecule has 2 aromatic rings. The van der Waals surface area contributed by atoms with Crippen LogP contribution in [0.5, 0.6) is 0 Å². The van der Waals surface area contributed by atoms with Crippen molar-refractivity contribution in [3.8, 4) is 0 Å². The Labute approximate surface area is 195 Å². The molecule has 2 rings (SSSR count). The Morgan fingerprint density at radius 1 is 0.750 bits per heavy atom. The van der Waals surface area contributed by atoms with Gasteiger partial charge in [0.2, 0.25) is 0 Å². The monoisotopic (exact) mass is 509 g/mol. The van der Waals surface area contributed by atoms with Gasteiger partial charge in [-0.3, -0.25) is 10.1 Å². The molecule has 3 nitrogen and oxygen atoms in total. The molecule has 0 saturated heterocycles. The van der Waals surface area contributed by atoms with Gasteiger partial charge in [0.05, 0.1) is 4.92 Å². The number of thioether (sulfide) groups is 4. The van der Waals surface area contributed by atoms with Gasteiger partial charge in [-0.1, -0.05) is 58.3 Å². The highest BCUT2D eigenvalue weighted by molar-refractivity contribution is 8.05. The second kappa shape index (κ2) is 11.7. The van der Waals surface area contributed by atoms with Gasteiger partial charge < -0.3 is 0 Å². The van der Waals surface area contributed by atoms with Crippen LogP contribution in [0.2, 0.25) is 0 Å². The number of hydrogen-bond acceptors (Lipinski definition) is 6. The fourth-order valence-electron chi connectivity index (χ4n) is 1.92. The highest BCUT2D eigenvalue weighted by Gasteiger charge is 2.26. The standard InChI is InChI=1S/C18H14Cl3NO2S4/c1-25-11-3-7-13(8-4-11)27-17(20)15(19)16(22(23)24)18(21)28-14-9-5-12(26-2)6-10-14/h3-10H,1-2H3/b17-15+,18-16+. The molecule has 148 valence electrons. The first-order valence-electron chi connectivity index (χ1n) is 7.59. The molecule has 0 spiro atoms. The smallest absolute Gasteiger partial charge is 0.258 e. The van der Waals surface area contributed by atoms with Gasteiger partial charge >= 0.3 is 5.70 Å². The topological polar surface area (TPSA) is 43.1 Å². The largest absolute Gasteiger partial charge is 0.315 e. The lowest BCUT2D eigenvalue weighted by Gasteiger charge is -2.06. The maximum atomic E-state index is 11.6. The summed E-state index contributed by atoms with van der Waals surface area (Å²) in [6.45, 7) is 0. The molecular formula is C18H14Cl3NO2S4. The summed E-state index contributed by atoms with van der Waals surface area (Å²) >= 11 is 24.2. The maximum absolute atomic E-state index is 11.6. The van der Waals surface area contributed by atoms with Crippen LogP contribution in [0, 0.1) is 10.1 Å². The van der Waals surface area contributed by atoms with Crippen LogP contribution < -0.4 is 0 Å². The molecule has 0 fully saturated rings. The summed E-state index contributed by atoms with van der Waals surface area (Å²) in [5.74, 6) is 0. The van der Waals surface area contributed by atoms with E-state index in [0.717, 1.165) is 43.1 Å². The first-order valence-corrected chi connectivity index (χ1v) is 12.8. The predicted octanol–water partition coefficient (Wildman–Crippen LogP) is 8.35. The lowest BCUT2D eigenvalue weighted by molar-refractivity contribution is -0.419. The maximum Gasteiger partial charge on any atom is 0.315 e. The number of nitro groups is 1. The SMILES string of the molecule is CSc1ccc(S/C(Cl)=C(Cl)\C(=C(\Cl)Sc2ccc(SC)cc2)[N+](=O)[O-])cc1. The van der Waals surface area contributed by atoms with Crippen molar-refractivity contribution in [2.45, 2.75) is 19.6 Å². The van der Waals surface area contributed by atoms with Crippen molar-refractivity contribution in [3.05, 3.63) is 78.1 Å². The van der Waals surface area contributed by atoms with Gasteiger partial charge in [0.15, 0.2) is 4.36 Å². The molecule has 28 heavy (non-hydrogen) atoms. The summed E-state index contributed by atoms with van der Waals surface area (Å²) in [6, 6.07) is 15.2. The molecule has 10 heteroatoms. The van der Waals surface area contributed by atoms with E-state index in [0.29, 0.717) is 0 Å². The normalized spacial score (nSPS) is 13.0. The van der Waals surface area contributed by atoms with Crippen LogP contribution in [0.15, 0.2) is 87.6 Å². The minimum absolute atomic E-state index is 0.0524. The third-order valence-corrected chi connectivity index (χ3v) is 7.95. The summed E-state index contributed by atoms with van der Waals surface area (Å²) in [6.07, 6.45) is 3.95. The fourth-order valence-corrected chi connectivity index (χ4v) is 5.32. The molecule has 0 N–H and O–H groups in total. The van der Waals surface area contributed by atoms with Crippen LogP contribution in [0.3, 0.4) is 0 Å². The second-order valence-electron chi connectivity index (χ2n) is 5.02. The predicted molar refractivity (Wildman–Crippen MR) is 127 cm³/mol. The number of halogens is 3. The Kier molecular flexibility index (Phi) is 9.97. The van der Waals surface area contributed by atoms with E-state index >= 15 is 0 Å². The first-order chi connectivity index (χ1) is 13.3. The molecule has 0 aromatic heterocycles. The van der Waals surface area contributed by atoms with Gasteiger partial charge in [-0.15, -0.1) is 23.5 Å². The molecule has 0 bridgehead atoms. The first kappa shape index (κ1) is 23.9. The van der Waals surface area contributed by atoms with Gasteiger partial charge in [0.1, 0.15) is 9.40 Å². The number of allylic oxidation sites excluding steroid dienone is 1. The van der Waals surface area contributed by atoms with Crippen LogP contribution in [0.4, 0.5) is 0 Å². The number of benzene rings is 2. The van der Waals surface area contributed by atoms with E-state index in [1.807, 2.05) is 61.0 Å². The third kappa shape index (κ3) is 6.83. The van der Waals surface area contributed by atoms with Gasteiger partial charge in [0, 0.05) is 19.6 Å². The van der Waals surface area contributed by atoms with Crippen molar-refractivity contribution in [1.82, 2.24) is 0 Å². The lowest BCUT2D eigenvalue weighted by Crippen LogP contribution is -2.01. The molecule has 0 aliphatic carbocycles. The van der Waals surface area contributed by atoms with Crippen LogP contribution in [0.25, 0.3) is 0 Å². The summed E-state index contributed by atoms with van der Waals surface area (Å²) in [5, 5.41) is 11.4. The molecule has 0 atom stereocenters. The van der Waals surface area contributed by atoms with E-state index in [2.05, 4.69) is 0 Å². The van der Waals surface area contributed by atoms with Gasteiger partial charge in [0.25, 0.3) is 0 Å². The van der Waals surface area contributed by atoms with Gasteiger partial charge in [-0.2, -0.15) is 0 Å². The van der Waals surface area contributed by atoms with Crippen LogP contribution in [0.1, 0.15) is 0 Å². The third-order valence-electron chi connectivity index (χ3n) is 3.28. The van der Waals surface area contributed by atoms with Crippen molar-refractivity contribution in [1.29, 1.82) is 0 Å². The minimum Gasteiger partial charge on any atom is -0.258 e. The molecule has 0 radical (unpaired) electrons. The van der Waals surface area contributed by atoms with Crippen molar-refractivity contribution < 1.29 is 4.92 Å². The number of nitrogens with zero attached hydrogens (tertiary/aromatic N) is 1. The molecule has 0 amide bonds. The van der Waals surface area contributed by atoms with Gasteiger partial charge in [-0.25, -0.2) is 0 Å². The quantitative estimate of drug-likeness (QED) is 0.154. The van der Waals surface area contributed by atoms with Crippen LogP contribution in [-0.2, 0) is 0 Å². The molecule has 0 aliphatic rings. The Hall–Kier alpha value is -0.410. The Balaban J connectivity index is 2.28. The molecule has 2 aromatic carbocycles. The summed E-state index contributed by atoms with van der Waals surface area (Å²) in [4.78, 5) is 14.7. The average Bonchev–Trinajstić information content (AvgIpc) is 2.68. The minimum atomic E-state index is -0.617. The lowest BCUT2D eigenvalue weighted by atomic mass is 10.4. The Morgan fingerprint density at radius 2 is 1.11 bits per heavy atom. The van der Waals surface area contributed by atoms with Crippen LogP contribution >= 0.6 is 81.9 Å². The second-order valence-corrected chi connectivity index (χ2v) is 10.5. The number of hydrogen-bond donors (Lipinski definition) is 0. The van der Waals surface area contributed by atoms with E-state index in [4.69, 9.17) is 34.8 Å². The van der Waals surface area contributed by atoms with E-state index in [1.54, 1.807) is 23.5 Å². The van der Waals surface area contributed by atoms with E-state index in [1.165, 1.54) is 0 Å². The molecule has 0 heterocycles. The molecular weight excluding hydrogens is 497 g/mol. The summed E-state index contributed by atoms with van der Waals surface area (Å²) < 4.78 is 0.0325. The highest BCUT2D eigenvalue weighted by Crippen LogP contribution is 2.41.